The van der Waals surface area contributed by atoms with Crippen molar-refractivity contribution in [2.24, 2.45) is 0 Å². The fraction of sp³-hybridized carbons (Fsp3) is 0.333. The molecule has 0 atom stereocenters. The third kappa shape index (κ3) is 3.54. The highest BCUT2D eigenvalue weighted by Gasteiger charge is 2.13. The number of hydrogen-bond acceptors (Lipinski definition) is 2. The Bertz CT molecular complexity index is 624. The van der Waals surface area contributed by atoms with E-state index in [-0.39, 0.29) is 0 Å². The van der Waals surface area contributed by atoms with Crippen LogP contribution in [0.15, 0.2) is 46.9 Å². The summed E-state index contributed by atoms with van der Waals surface area (Å²) in [5, 5.41) is 3.45. The van der Waals surface area contributed by atoms with Crippen LogP contribution in [0, 0.1) is 0 Å². The first kappa shape index (κ1) is 14.8. The molecule has 1 heterocycles. The third-order valence-electron chi connectivity index (χ3n) is 4.08. The molecule has 0 unspecified atom stereocenters. The summed E-state index contributed by atoms with van der Waals surface area (Å²) in [6.45, 7) is 4.07. The van der Waals surface area contributed by atoms with Gasteiger partial charge in [0.2, 0.25) is 0 Å². The lowest BCUT2D eigenvalue weighted by Crippen LogP contribution is -2.26. The molecule has 0 fully saturated rings. The molecule has 21 heavy (non-hydrogen) atoms. The predicted octanol–water partition coefficient (Wildman–Crippen LogP) is 3.73. The molecule has 0 aliphatic carbocycles. The van der Waals surface area contributed by atoms with Crippen LogP contribution < -0.4 is 5.32 Å². The largest absolute Gasteiger partial charge is 0.312 e. The number of nitrogens with zero attached hydrogens (tertiary/aromatic N) is 1. The van der Waals surface area contributed by atoms with Gasteiger partial charge in [-0.1, -0.05) is 52.3 Å². The fourth-order valence-corrected chi connectivity index (χ4v) is 3.43. The molecule has 1 aliphatic heterocycles. The van der Waals surface area contributed by atoms with E-state index < -0.39 is 0 Å². The second-order valence-corrected chi connectivity index (χ2v) is 6.60. The van der Waals surface area contributed by atoms with Crippen molar-refractivity contribution in [1.29, 1.82) is 0 Å². The van der Waals surface area contributed by atoms with Crippen LogP contribution in [0.5, 0.6) is 0 Å². The van der Waals surface area contributed by atoms with Crippen molar-refractivity contribution < 1.29 is 0 Å². The minimum atomic E-state index is 0.962. The Morgan fingerprint density at radius 2 is 1.81 bits per heavy atom. The molecule has 0 radical (unpaired) electrons. The van der Waals surface area contributed by atoms with Gasteiger partial charge in [0.25, 0.3) is 0 Å². The van der Waals surface area contributed by atoms with E-state index in [0.29, 0.717) is 0 Å². The highest BCUT2D eigenvalue weighted by molar-refractivity contribution is 9.10. The van der Waals surface area contributed by atoms with Gasteiger partial charge in [0, 0.05) is 24.1 Å². The normalized spacial score (nSPS) is 14.2. The molecule has 3 heteroatoms. The van der Waals surface area contributed by atoms with Crippen LogP contribution in [-0.4, -0.2) is 18.5 Å². The van der Waals surface area contributed by atoms with Crippen molar-refractivity contribution in [2.75, 3.05) is 13.6 Å². The maximum Gasteiger partial charge on any atom is 0.0245 e. The van der Waals surface area contributed by atoms with E-state index in [4.69, 9.17) is 0 Å². The van der Waals surface area contributed by atoms with Gasteiger partial charge >= 0.3 is 0 Å². The predicted molar refractivity (Wildman–Crippen MR) is 91.2 cm³/mol. The van der Waals surface area contributed by atoms with Crippen LogP contribution >= 0.6 is 15.9 Å². The zero-order chi connectivity index (χ0) is 14.7. The number of hydrogen-bond donors (Lipinski definition) is 1. The zero-order valence-electron chi connectivity index (χ0n) is 12.4. The quantitative estimate of drug-likeness (QED) is 0.909. The first-order valence-electron chi connectivity index (χ1n) is 7.46. The average molecular weight is 345 g/mol. The lowest BCUT2D eigenvalue weighted by atomic mass is 9.95. The average Bonchev–Trinajstić information content (AvgIpc) is 2.50. The van der Waals surface area contributed by atoms with E-state index in [1.54, 1.807) is 5.56 Å². The molecule has 3 rings (SSSR count). The molecule has 0 amide bonds. The monoisotopic (exact) mass is 344 g/mol. The van der Waals surface area contributed by atoms with Crippen molar-refractivity contribution in [2.45, 2.75) is 26.1 Å². The minimum Gasteiger partial charge on any atom is -0.312 e. The summed E-state index contributed by atoms with van der Waals surface area (Å²) in [6.07, 6.45) is 1.15. The second-order valence-electron chi connectivity index (χ2n) is 5.75. The van der Waals surface area contributed by atoms with Crippen molar-refractivity contribution in [1.82, 2.24) is 10.2 Å². The van der Waals surface area contributed by atoms with Crippen LogP contribution in [0.2, 0.25) is 0 Å². The van der Waals surface area contributed by atoms with Crippen LogP contribution in [0.1, 0.15) is 22.3 Å². The number of halogens is 1. The first-order valence-corrected chi connectivity index (χ1v) is 8.25. The molecule has 2 aromatic carbocycles. The molecule has 0 aromatic heterocycles. The summed E-state index contributed by atoms with van der Waals surface area (Å²) >= 11 is 3.64. The van der Waals surface area contributed by atoms with Gasteiger partial charge in [-0.05, 0) is 48.3 Å². The smallest absolute Gasteiger partial charge is 0.0245 e. The van der Waals surface area contributed by atoms with E-state index >= 15 is 0 Å². The third-order valence-corrected chi connectivity index (χ3v) is 4.85. The Morgan fingerprint density at radius 1 is 1.05 bits per heavy atom. The van der Waals surface area contributed by atoms with E-state index in [1.165, 1.54) is 21.2 Å². The fourth-order valence-electron chi connectivity index (χ4n) is 3.02. The molecule has 0 saturated carbocycles. The Morgan fingerprint density at radius 3 is 2.67 bits per heavy atom. The van der Waals surface area contributed by atoms with Gasteiger partial charge in [0.05, 0.1) is 0 Å². The molecule has 1 N–H and O–H groups in total. The van der Waals surface area contributed by atoms with Gasteiger partial charge in [0.15, 0.2) is 0 Å². The molecular formula is C18H21BrN2. The highest BCUT2D eigenvalue weighted by Crippen LogP contribution is 2.22. The Kier molecular flexibility index (Phi) is 4.73. The van der Waals surface area contributed by atoms with Gasteiger partial charge in [-0.15, -0.1) is 0 Å². The first-order chi connectivity index (χ1) is 10.2. The Labute approximate surface area is 135 Å². The summed E-state index contributed by atoms with van der Waals surface area (Å²) in [5.41, 5.74) is 5.83. The van der Waals surface area contributed by atoms with Gasteiger partial charge in [-0.3, -0.25) is 4.90 Å². The molecule has 1 aliphatic rings. The standard InChI is InChI=1S/C18H21BrN2/c1-21(13-16-5-2-3-8-18(16)19)12-15-7-4-6-14-11-20-10-9-17(14)15/h2-8,20H,9-13H2,1H3. The number of rotatable bonds is 4. The second kappa shape index (κ2) is 6.73. The van der Waals surface area contributed by atoms with Crippen LogP contribution in [0.4, 0.5) is 0 Å². The van der Waals surface area contributed by atoms with Crippen molar-refractivity contribution in [3.8, 4) is 0 Å². The summed E-state index contributed by atoms with van der Waals surface area (Å²) in [4.78, 5) is 2.39. The SMILES string of the molecule is CN(Cc1ccccc1Br)Cc1cccc2c1CCNC2. The molecule has 2 nitrogen and oxygen atoms in total. The van der Waals surface area contributed by atoms with Gasteiger partial charge in [-0.2, -0.15) is 0 Å². The van der Waals surface area contributed by atoms with Crippen molar-refractivity contribution in [3.05, 3.63) is 69.2 Å². The maximum absolute atomic E-state index is 3.64. The van der Waals surface area contributed by atoms with Gasteiger partial charge in [0.1, 0.15) is 0 Å². The van der Waals surface area contributed by atoms with Crippen molar-refractivity contribution in [3.63, 3.8) is 0 Å². The molecular weight excluding hydrogens is 324 g/mol. The van der Waals surface area contributed by atoms with Gasteiger partial charge in [-0.25, -0.2) is 0 Å². The highest BCUT2D eigenvalue weighted by atomic mass is 79.9. The summed E-state index contributed by atoms with van der Waals surface area (Å²) in [6, 6.07) is 15.2. The van der Waals surface area contributed by atoms with E-state index in [1.807, 2.05) is 0 Å². The van der Waals surface area contributed by atoms with Crippen LogP contribution in [0.25, 0.3) is 0 Å². The van der Waals surface area contributed by atoms with Gasteiger partial charge < -0.3 is 5.32 Å². The molecule has 0 saturated heterocycles. The Hall–Kier alpha value is -1.16. The Balaban J connectivity index is 1.73. The lowest BCUT2D eigenvalue weighted by molar-refractivity contribution is 0.317. The number of nitrogens with one attached hydrogen (secondary N) is 1. The molecule has 0 spiro atoms. The molecule has 0 bridgehead atoms. The van der Waals surface area contributed by atoms with E-state index in [0.717, 1.165) is 32.6 Å². The molecule has 110 valence electrons. The summed E-state index contributed by atoms with van der Waals surface area (Å²) < 4.78 is 1.19. The lowest BCUT2D eigenvalue weighted by Gasteiger charge is -2.24. The van der Waals surface area contributed by atoms with Crippen LogP contribution in [-0.2, 0) is 26.1 Å². The number of benzene rings is 2. The summed E-state index contributed by atoms with van der Waals surface area (Å²) in [5.74, 6) is 0. The topological polar surface area (TPSA) is 15.3 Å². The van der Waals surface area contributed by atoms with Crippen molar-refractivity contribution >= 4 is 15.9 Å². The van der Waals surface area contributed by atoms with E-state index in [2.05, 4.69) is 75.7 Å². The molecule has 2 aromatic rings. The van der Waals surface area contributed by atoms with Crippen LogP contribution in [0.3, 0.4) is 0 Å². The maximum atomic E-state index is 3.64. The minimum absolute atomic E-state index is 0.962. The zero-order valence-corrected chi connectivity index (χ0v) is 14.0. The summed E-state index contributed by atoms with van der Waals surface area (Å²) in [7, 11) is 2.19. The van der Waals surface area contributed by atoms with E-state index in [9.17, 15) is 0 Å². The number of fused-ring (bicyclic) bond motifs is 1.